The monoisotopic (exact) mass is 366 g/mol. The lowest BCUT2D eigenvalue weighted by Crippen LogP contribution is -2.31. The van der Waals surface area contributed by atoms with Gasteiger partial charge in [0.25, 0.3) is 5.91 Å². The summed E-state index contributed by atoms with van der Waals surface area (Å²) in [6, 6.07) is 5.57. The maximum Gasteiger partial charge on any atom is 0.271 e. The number of amides is 1. The molecule has 0 spiro atoms. The third-order valence-electron chi connectivity index (χ3n) is 4.80. The number of allylic oxidation sites excluding steroid dienone is 4. The topological polar surface area (TPSA) is 75.9 Å². The molecule has 1 amide bonds. The normalized spacial score (nSPS) is 19.6. The molecule has 1 atom stereocenters. The van der Waals surface area contributed by atoms with E-state index in [1.807, 2.05) is 58.8 Å². The average Bonchev–Trinajstić information content (AvgIpc) is 3.34. The van der Waals surface area contributed by atoms with Gasteiger partial charge in [0.2, 0.25) is 0 Å². The number of nitrogens with one attached hydrogen (secondary N) is 1. The molecule has 0 radical (unpaired) electrons. The molecule has 2 aromatic rings. The number of carbonyl (C=O) groups is 2. The third-order valence-corrected chi connectivity index (χ3v) is 4.80. The van der Waals surface area contributed by atoms with E-state index in [0.717, 1.165) is 6.42 Å². The molecule has 4 rings (SSSR count). The van der Waals surface area contributed by atoms with Crippen molar-refractivity contribution in [2.45, 2.75) is 19.3 Å². The van der Waals surface area contributed by atoms with Crippen LogP contribution in [0.1, 0.15) is 35.4 Å². The van der Waals surface area contributed by atoms with E-state index < -0.39 is 5.92 Å². The van der Waals surface area contributed by atoms with E-state index in [2.05, 4.69) is 10.3 Å². The van der Waals surface area contributed by atoms with Crippen LogP contribution in [-0.4, -0.2) is 52.4 Å². The summed E-state index contributed by atoms with van der Waals surface area (Å²) in [5.41, 5.74) is 2.17. The molecule has 1 aliphatic carbocycles. The quantitative estimate of drug-likeness (QED) is 0.874. The summed E-state index contributed by atoms with van der Waals surface area (Å²) in [6.45, 7) is 4.27. The molecule has 7 nitrogen and oxygen atoms in total. The zero-order valence-electron chi connectivity index (χ0n) is 15.2. The Balaban J connectivity index is 1.76. The summed E-state index contributed by atoms with van der Waals surface area (Å²) in [6.07, 6.45) is 8.18. The zero-order valence-corrected chi connectivity index (χ0v) is 15.2. The van der Waals surface area contributed by atoms with E-state index in [1.165, 1.54) is 0 Å². The van der Waals surface area contributed by atoms with Gasteiger partial charge in [0.1, 0.15) is 12.4 Å². The Kier molecular flexibility index (Phi) is 4.77. The van der Waals surface area contributed by atoms with E-state index in [0.29, 0.717) is 49.2 Å². The molecule has 0 saturated carbocycles. The van der Waals surface area contributed by atoms with Crippen LogP contribution in [0.2, 0.25) is 0 Å². The van der Waals surface area contributed by atoms with Crippen molar-refractivity contribution in [1.82, 2.24) is 19.6 Å². The summed E-state index contributed by atoms with van der Waals surface area (Å²) in [7, 11) is 0. The highest BCUT2D eigenvalue weighted by molar-refractivity contribution is 6.05. The highest BCUT2D eigenvalue weighted by Crippen LogP contribution is 2.30. The summed E-state index contributed by atoms with van der Waals surface area (Å²) < 4.78 is 7.22. The minimum atomic E-state index is -0.564. The van der Waals surface area contributed by atoms with Crippen LogP contribution in [0.25, 0.3) is 5.65 Å². The van der Waals surface area contributed by atoms with E-state index in [4.69, 9.17) is 4.74 Å². The van der Waals surface area contributed by atoms with Gasteiger partial charge in [0.05, 0.1) is 23.9 Å². The Hall–Kier alpha value is -2.93. The van der Waals surface area contributed by atoms with Crippen molar-refractivity contribution < 1.29 is 14.3 Å². The van der Waals surface area contributed by atoms with Crippen LogP contribution in [0, 0.1) is 0 Å². The number of ether oxygens (including phenoxy) is 1. The predicted octanol–water partition coefficient (Wildman–Crippen LogP) is 1.87. The Morgan fingerprint density at radius 1 is 1.41 bits per heavy atom. The summed E-state index contributed by atoms with van der Waals surface area (Å²) in [5.74, 6) is -0.860. The maximum absolute atomic E-state index is 13.3. The lowest BCUT2D eigenvalue weighted by molar-refractivity contribution is -0.117. The minimum Gasteiger partial charge on any atom is -0.359 e. The fourth-order valence-corrected chi connectivity index (χ4v) is 3.47. The van der Waals surface area contributed by atoms with E-state index >= 15 is 0 Å². The fraction of sp³-hybridized carbons (Fsp3) is 0.350. The molecule has 0 aromatic carbocycles. The second-order valence-corrected chi connectivity index (χ2v) is 6.61. The molecule has 27 heavy (non-hydrogen) atoms. The number of nitrogens with zero attached hydrogens (tertiary/aromatic N) is 3. The molecule has 2 aliphatic rings. The highest BCUT2D eigenvalue weighted by atomic mass is 16.5. The van der Waals surface area contributed by atoms with Crippen LogP contribution in [0.4, 0.5) is 0 Å². The second kappa shape index (κ2) is 7.36. The minimum absolute atomic E-state index is 0.0433. The van der Waals surface area contributed by atoms with E-state index in [-0.39, 0.29) is 11.7 Å². The summed E-state index contributed by atoms with van der Waals surface area (Å²) in [5, 5.41) is 2.88. The van der Waals surface area contributed by atoms with Gasteiger partial charge in [-0.05, 0) is 24.6 Å². The van der Waals surface area contributed by atoms with E-state index in [1.54, 1.807) is 0 Å². The van der Waals surface area contributed by atoms with Gasteiger partial charge < -0.3 is 19.4 Å². The summed E-state index contributed by atoms with van der Waals surface area (Å²) >= 11 is 0. The molecular weight excluding hydrogens is 344 g/mol. The van der Waals surface area contributed by atoms with Gasteiger partial charge in [-0.2, -0.15) is 0 Å². The Bertz CT molecular complexity index is 938. The Labute approximate surface area is 157 Å². The number of rotatable bonds is 5. The average molecular weight is 366 g/mol. The van der Waals surface area contributed by atoms with Crippen LogP contribution >= 0.6 is 0 Å². The number of hydrogen-bond donors (Lipinski definition) is 1. The van der Waals surface area contributed by atoms with Crippen molar-refractivity contribution in [3.8, 4) is 0 Å². The third kappa shape index (κ3) is 3.14. The van der Waals surface area contributed by atoms with Crippen LogP contribution < -0.4 is 5.32 Å². The lowest BCUT2D eigenvalue weighted by Gasteiger charge is -2.24. The first kappa shape index (κ1) is 17.5. The first-order chi connectivity index (χ1) is 13.2. The number of hydrogen-bond acceptors (Lipinski definition) is 5. The number of aromatic nitrogens is 2. The van der Waals surface area contributed by atoms with E-state index in [9.17, 15) is 9.59 Å². The molecule has 0 bridgehead atoms. The smallest absolute Gasteiger partial charge is 0.271 e. The van der Waals surface area contributed by atoms with Crippen LogP contribution in [0.3, 0.4) is 0 Å². The van der Waals surface area contributed by atoms with Crippen molar-refractivity contribution in [2.24, 2.45) is 0 Å². The number of imidazole rings is 1. The molecule has 7 heteroatoms. The Morgan fingerprint density at radius 2 is 2.30 bits per heavy atom. The SMILES string of the molecule is CCCNC(=O)c1nc2ccccn2c1C1C=CC=C(N2CCOC2)C1=O. The van der Waals surface area contributed by atoms with Gasteiger partial charge in [-0.15, -0.1) is 0 Å². The molecule has 1 aliphatic heterocycles. The number of pyridine rings is 1. The zero-order chi connectivity index (χ0) is 18.8. The van der Waals surface area contributed by atoms with Gasteiger partial charge in [-0.25, -0.2) is 4.98 Å². The molecule has 1 saturated heterocycles. The van der Waals surface area contributed by atoms with Crippen molar-refractivity contribution >= 4 is 17.3 Å². The highest BCUT2D eigenvalue weighted by Gasteiger charge is 2.34. The van der Waals surface area contributed by atoms with Crippen LogP contribution in [-0.2, 0) is 9.53 Å². The first-order valence-electron chi connectivity index (χ1n) is 9.21. The van der Waals surface area contributed by atoms with Gasteiger partial charge >= 0.3 is 0 Å². The maximum atomic E-state index is 13.3. The molecular formula is C20H22N4O3. The van der Waals surface area contributed by atoms with Gasteiger partial charge in [0, 0.05) is 19.3 Å². The molecule has 1 N–H and O–H groups in total. The second-order valence-electron chi connectivity index (χ2n) is 6.61. The van der Waals surface area contributed by atoms with Crippen molar-refractivity contribution in [2.75, 3.05) is 26.4 Å². The lowest BCUT2D eigenvalue weighted by atomic mass is 9.91. The number of carbonyl (C=O) groups excluding carboxylic acids is 2. The van der Waals surface area contributed by atoms with Crippen LogP contribution in [0.5, 0.6) is 0 Å². The van der Waals surface area contributed by atoms with Gasteiger partial charge in [-0.1, -0.05) is 25.1 Å². The van der Waals surface area contributed by atoms with Crippen molar-refractivity contribution in [1.29, 1.82) is 0 Å². The molecule has 3 heterocycles. The first-order valence-corrected chi connectivity index (χ1v) is 9.21. The van der Waals surface area contributed by atoms with Gasteiger partial charge in [0.15, 0.2) is 11.5 Å². The molecule has 2 aromatic heterocycles. The molecule has 1 fully saturated rings. The Morgan fingerprint density at radius 3 is 3.07 bits per heavy atom. The van der Waals surface area contributed by atoms with Crippen molar-refractivity contribution in [3.05, 3.63) is 59.7 Å². The number of fused-ring (bicyclic) bond motifs is 1. The summed E-state index contributed by atoms with van der Waals surface area (Å²) in [4.78, 5) is 32.4. The largest absolute Gasteiger partial charge is 0.359 e. The van der Waals surface area contributed by atoms with Crippen LogP contribution in [0.15, 0.2) is 48.3 Å². The molecule has 140 valence electrons. The fourth-order valence-electron chi connectivity index (χ4n) is 3.47. The molecule has 1 unspecified atom stereocenters. The number of ketones is 1. The number of Topliss-reactive ketones (excluding diaryl/α,β-unsaturated/α-hetero) is 1. The predicted molar refractivity (Wildman–Crippen MR) is 100 cm³/mol. The van der Waals surface area contributed by atoms with Gasteiger partial charge in [-0.3, -0.25) is 9.59 Å². The standard InChI is InChI=1S/C20H22N4O3/c1-2-9-21-20(26)17-18(24-10-4-3-8-16(24)22-17)14-6-5-7-15(19(14)25)23-11-12-27-13-23/h3-8,10,14H,2,9,11-13H2,1H3,(H,21,26). The van der Waals surface area contributed by atoms with Crippen molar-refractivity contribution in [3.63, 3.8) is 0 Å².